The first-order valence-corrected chi connectivity index (χ1v) is 8.38. The molecule has 118 valence electrons. The fourth-order valence-corrected chi connectivity index (χ4v) is 3.02. The van der Waals surface area contributed by atoms with Crippen LogP contribution in [0.4, 0.5) is 0 Å². The second kappa shape index (κ2) is 7.06. The van der Waals surface area contributed by atoms with Crippen LogP contribution >= 0.6 is 23.4 Å². The van der Waals surface area contributed by atoms with Gasteiger partial charge in [-0.25, -0.2) is 0 Å². The van der Waals surface area contributed by atoms with E-state index >= 15 is 0 Å². The summed E-state index contributed by atoms with van der Waals surface area (Å²) in [6.45, 7) is 2.04. The van der Waals surface area contributed by atoms with Crippen molar-refractivity contribution >= 4 is 23.4 Å². The van der Waals surface area contributed by atoms with Crippen molar-refractivity contribution in [3.8, 4) is 17.2 Å². The van der Waals surface area contributed by atoms with Crippen molar-refractivity contribution in [1.29, 1.82) is 0 Å². The Bertz CT molecular complexity index is 803. The van der Waals surface area contributed by atoms with Gasteiger partial charge in [0.15, 0.2) is 0 Å². The standard InChI is InChI=1S/C17H15ClN2O2S/c1-11-3-5-12(6-4-11)16-19-20-17(22-16)23-10-13-9-14(18)7-8-15(13)21-2/h3-9H,10H2,1-2H3. The Labute approximate surface area is 143 Å². The summed E-state index contributed by atoms with van der Waals surface area (Å²) in [5.41, 5.74) is 3.09. The number of aryl methyl sites for hydroxylation is 1. The molecule has 0 bridgehead atoms. The number of benzene rings is 2. The maximum Gasteiger partial charge on any atom is 0.277 e. The molecule has 6 heteroatoms. The predicted molar refractivity (Wildman–Crippen MR) is 92.0 cm³/mol. The van der Waals surface area contributed by atoms with Gasteiger partial charge in [-0.05, 0) is 37.3 Å². The molecule has 3 rings (SSSR count). The molecule has 0 spiro atoms. The fourth-order valence-electron chi connectivity index (χ4n) is 2.08. The molecular weight excluding hydrogens is 332 g/mol. The van der Waals surface area contributed by atoms with E-state index in [2.05, 4.69) is 10.2 Å². The average molecular weight is 347 g/mol. The summed E-state index contributed by atoms with van der Waals surface area (Å²) in [5, 5.41) is 9.36. The van der Waals surface area contributed by atoms with Crippen molar-refractivity contribution in [2.24, 2.45) is 0 Å². The summed E-state index contributed by atoms with van der Waals surface area (Å²) in [6, 6.07) is 13.5. The van der Waals surface area contributed by atoms with Gasteiger partial charge in [0, 0.05) is 21.9 Å². The first-order valence-electron chi connectivity index (χ1n) is 7.01. The lowest BCUT2D eigenvalue weighted by atomic mass is 10.1. The molecule has 0 N–H and O–H groups in total. The predicted octanol–water partition coefficient (Wildman–Crippen LogP) is 5.00. The molecule has 3 aromatic rings. The summed E-state index contributed by atoms with van der Waals surface area (Å²) in [4.78, 5) is 0. The van der Waals surface area contributed by atoms with E-state index in [-0.39, 0.29) is 0 Å². The van der Waals surface area contributed by atoms with Crippen LogP contribution in [-0.4, -0.2) is 17.3 Å². The molecule has 1 heterocycles. The van der Waals surface area contributed by atoms with Gasteiger partial charge in [-0.2, -0.15) is 0 Å². The summed E-state index contributed by atoms with van der Waals surface area (Å²) < 4.78 is 11.0. The van der Waals surface area contributed by atoms with Gasteiger partial charge in [0.25, 0.3) is 5.22 Å². The molecule has 1 aromatic heterocycles. The number of methoxy groups -OCH3 is 1. The van der Waals surface area contributed by atoms with Crippen LogP contribution in [0, 0.1) is 6.92 Å². The van der Waals surface area contributed by atoms with Crippen molar-refractivity contribution in [1.82, 2.24) is 10.2 Å². The van der Waals surface area contributed by atoms with E-state index in [1.54, 1.807) is 13.2 Å². The molecule has 0 saturated heterocycles. The molecular formula is C17H15ClN2O2S. The summed E-state index contributed by atoms with van der Waals surface area (Å²) in [5.74, 6) is 1.95. The minimum Gasteiger partial charge on any atom is -0.496 e. The summed E-state index contributed by atoms with van der Waals surface area (Å²) in [7, 11) is 1.64. The highest BCUT2D eigenvalue weighted by molar-refractivity contribution is 7.98. The molecule has 0 atom stereocenters. The molecule has 2 aromatic carbocycles. The fraction of sp³-hybridized carbons (Fsp3) is 0.176. The Morgan fingerprint density at radius 3 is 2.65 bits per heavy atom. The monoisotopic (exact) mass is 346 g/mol. The van der Waals surface area contributed by atoms with Gasteiger partial charge in [0.1, 0.15) is 5.75 Å². The third kappa shape index (κ3) is 3.86. The number of nitrogens with zero attached hydrogens (tertiary/aromatic N) is 2. The van der Waals surface area contributed by atoms with Crippen LogP contribution in [0.3, 0.4) is 0 Å². The van der Waals surface area contributed by atoms with Gasteiger partial charge in [-0.3, -0.25) is 0 Å². The number of rotatable bonds is 5. The number of hydrogen-bond donors (Lipinski definition) is 0. The van der Waals surface area contributed by atoms with E-state index in [1.165, 1.54) is 17.3 Å². The SMILES string of the molecule is COc1ccc(Cl)cc1CSc1nnc(-c2ccc(C)cc2)o1. The first-order chi connectivity index (χ1) is 11.2. The van der Waals surface area contributed by atoms with Gasteiger partial charge < -0.3 is 9.15 Å². The summed E-state index contributed by atoms with van der Waals surface area (Å²) >= 11 is 7.49. The second-order valence-corrected chi connectivity index (χ2v) is 6.35. The highest BCUT2D eigenvalue weighted by atomic mass is 35.5. The zero-order valence-electron chi connectivity index (χ0n) is 12.7. The van der Waals surface area contributed by atoms with Crippen LogP contribution in [0.5, 0.6) is 5.75 Å². The van der Waals surface area contributed by atoms with Gasteiger partial charge in [-0.1, -0.05) is 41.1 Å². The van der Waals surface area contributed by atoms with E-state index in [1.807, 2.05) is 43.3 Å². The van der Waals surface area contributed by atoms with E-state index < -0.39 is 0 Å². The number of ether oxygens (including phenoxy) is 1. The van der Waals surface area contributed by atoms with E-state index in [4.69, 9.17) is 20.8 Å². The van der Waals surface area contributed by atoms with E-state index in [0.717, 1.165) is 16.9 Å². The number of aromatic nitrogens is 2. The van der Waals surface area contributed by atoms with E-state index in [0.29, 0.717) is 21.9 Å². The van der Waals surface area contributed by atoms with Crippen LogP contribution in [0.25, 0.3) is 11.5 Å². The molecule has 0 radical (unpaired) electrons. The Balaban J connectivity index is 1.72. The molecule has 0 aliphatic carbocycles. The van der Waals surface area contributed by atoms with Crippen LogP contribution < -0.4 is 4.74 Å². The summed E-state index contributed by atoms with van der Waals surface area (Å²) in [6.07, 6.45) is 0. The third-order valence-electron chi connectivity index (χ3n) is 3.30. The van der Waals surface area contributed by atoms with Crippen molar-refractivity contribution in [3.63, 3.8) is 0 Å². The quantitative estimate of drug-likeness (QED) is 0.608. The molecule has 0 unspecified atom stereocenters. The molecule has 0 saturated carbocycles. The zero-order chi connectivity index (χ0) is 16.2. The Morgan fingerprint density at radius 2 is 1.91 bits per heavy atom. The van der Waals surface area contributed by atoms with Crippen LogP contribution in [-0.2, 0) is 5.75 Å². The van der Waals surface area contributed by atoms with Crippen LogP contribution in [0.15, 0.2) is 52.1 Å². The van der Waals surface area contributed by atoms with Gasteiger partial charge in [0.05, 0.1) is 7.11 Å². The minimum atomic E-state index is 0.516. The Hall–Kier alpha value is -1.98. The van der Waals surface area contributed by atoms with Gasteiger partial charge in [0.2, 0.25) is 5.89 Å². The topological polar surface area (TPSA) is 48.2 Å². The molecule has 0 fully saturated rings. The molecule has 4 nitrogen and oxygen atoms in total. The van der Waals surface area contributed by atoms with E-state index in [9.17, 15) is 0 Å². The molecule has 23 heavy (non-hydrogen) atoms. The molecule has 0 aliphatic heterocycles. The van der Waals surface area contributed by atoms with Crippen molar-refractivity contribution < 1.29 is 9.15 Å². The van der Waals surface area contributed by atoms with Crippen molar-refractivity contribution in [3.05, 3.63) is 58.6 Å². The second-order valence-electron chi connectivity index (χ2n) is 4.98. The lowest BCUT2D eigenvalue weighted by Gasteiger charge is -2.07. The maximum absolute atomic E-state index is 6.04. The highest BCUT2D eigenvalue weighted by Crippen LogP contribution is 2.30. The van der Waals surface area contributed by atoms with Gasteiger partial charge >= 0.3 is 0 Å². The highest BCUT2D eigenvalue weighted by Gasteiger charge is 2.11. The molecule has 0 amide bonds. The Morgan fingerprint density at radius 1 is 1.13 bits per heavy atom. The van der Waals surface area contributed by atoms with Crippen molar-refractivity contribution in [2.45, 2.75) is 17.9 Å². The van der Waals surface area contributed by atoms with Crippen molar-refractivity contribution in [2.75, 3.05) is 7.11 Å². The smallest absolute Gasteiger partial charge is 0.277 e. The first kappa shape index (κ1) is 15.9. The number of hydrogen-bond acceptors (Lipinski definition) is 5. The lowest BCUT2D eigenvalue weighted by Crippen LogP contribution is -1.90. The maximum atomic E-state index is 6.04. The number of thioether (sulfide) groups is 1. The zero-order valence-corrected chi connectivity index (χ0v) is 14.3. The number of halogens is 1. The van der Waals surface area contributed by atoms with Crippen LogP contribution in [0.2, 0.25) is 5.02 Å². The lowest BCUT2D eigenvalue weighted by molar-refractivity contribution is 0.411. The average Bonchev–Trinajstić information content (AvgIpc) is 3.03. The normalized spacial score (nSPS) is 10.7. The van der Waals surface area contributed by atoms with Gasteiger partial charge in [-0.15, -0.1) is 10.2 Å². The Kier molecular flexibility index (Phi) is 4.88. The molecule has 0 aliphatic rings. The third-order valence-corrected chi connectivity index (χ3v) is 4.40. The minimum absolute atomic E-state index is 0.516. The largest absolute Gasteiger partial charge is 0.496 e. The van der Waals surface area contributed by atoms with Crippen LogP contribution in [0.1, 0.15) is 11.1 Å².